The highest BCUT2D eigenvalue weighted by atomic mass is 79.9. The number of Topliss-reactive ketones (excluding diaryl/α,β-unsaturated/α-hetero) is 1. The van der Waals surface area contributed by atoms with Gasteiger partial charge in [-0.2, -0.15) is 0 Å². The summed E-state index contributed by atoms with van der Waals surface area (Å²) in [6, 6.07) is 15.7. The van der Waals surface area contributed by atoms with Gasteiger partial charge in [-0.1, -0.05) is 40.2 Å². The number of ketones is 1. The second-order valence-electron chi connectivity index (χ2n) is 8.07. The molecule has 4 rings (SSSR count). The van der Waals surface area contributed by atoms with E-state index in [9.17, 15) is 9.59 Å². The molecule has 1 N–H and O–H groups in total. The van der Waals surface area contributed by atoms with Gasteiger partial charge in [0.2, 0.25) is 0 Å². The molecule has 2 aromatic rings. The van der Waals surface area contributed by atoms with Crippen molar-refractivity contribution in [1.29, 1.82) is 0 Å². The maximum absolute atomic E-state index is 13.5. The second-order valence-corrected chi connectivity index (χ2v) is 8.98. The van der Waals surface area contributed by atoms with Crippen LogP contribution >= 0.6 is 15.9 Å². The van der Waals surface area contributed by atoms with Gasteiger partial charge in [-0.25, -0.2) is 4.79 Å². The van der Waals surface area contributed by atoms with E-state index < -0.39 is 5.92 Å². The molecule has 2 aliphatic rings. The Hall–Kier alpha value is -2.86. The SMILES string of the molecule is CCOC(=O)C1=C(C)NC2=C(C(=O)CC(c3cccc(OC)c3)C2)C1c1ccc(Br)cc1. The van der Waals surface area contributed by atoms with E-state index in [0.29, 0.717) is 24.0 Å². The molecule has 1 aliphatic heterocycles. The fraction of sp³-hybridized carbons (Fsp3) is 0.308. The van der Waals surface area contributed by atoms with Crippen molar-refractivity contribution in [2.45, 2.75) is 38.5 Å². The van der Waals surface area contributed by atoms with Crippen molar-refractivity contribution < 1.29 is 19.1 Å². The predicted molar refractivity (Wildman–Crippen MR) is 126 cm³/mol. The average Bonchev–Trinajstić information content (AvgIpc) is 2.78. The monoisotopic (exact) mass is 495 g/mol. The fourth-order valence-corrected chi connectivity index (χ4v) is 4.90. The third-order valence-corrected chi connectivity index (χ3v) is 6.62. The summed E-state index contributed by atoms with van der Waals surface area (Å²) in [6.45, 7) is 3.94. The van der Waals surface area contributed by atoms with Gasteiger partial charge in [0, 0.05) is 33.8 Å². The van der Waals surface area contributed by atoms with Crippen LogP contribution in [0.4, 0.5) is 0 Å². The van der Waals surface area contributed by atoms with Crippen LogP contribution in [0.2, 0.25) is 0 Å². The van der Waals surface area contributed by atoms with Gasteiger partial charge in [-0.15, -0.1) is 0 Å². The molecule has 32 heavy (non-hydrogen) atoms. The summed E-state index contributed by atoms with van der Waals surface area (Å²) >= 11 is 3.47. The summed E-state index contributed by atoms with van der Waals surface area (Å²) in [5.74, 6) is 0.0386. The molecule has 2 unspecified atom stereocenters. The molecule has 0 amide bonds. The maximum atomic E-state index is 13.5. The first-order valence-corrected chi connectivity index (χ1v) is 11.5. The normalized spacial score (nSPS) is 20.6. The smallest absolute Gasteiger partial charge is 0.336 e. The molecule has 0 fully saturated rings. The Morgan fingerprint density at radius 2 is 1.88 bits per heavy atom. The third kappa shape index (κ3) is 4.24. The first-order valence-electron chi connectivity index (χ1n) is 10.7. The lowest BCUT2D eigenvalue weighted by molar-refractivity contribution is -0.138. The van der Waals surface area contributed by atoms with Gasteiger partial charge in [0.25, 0.3) is 0 Å². The molecule has 0 saturated heterocycles. The molecular weight excluding hydrogens is 470 g/mol. The average molecular weight is 496 g/mol. The number of hydrogen-bond acceptors (Lipinski definition) is 5. The van der Waals surface area contributed by atoms with Crippen LogP contribution in [-0.2, 0) is 14.3 Å². The minimum atomic E-state index is -0.447. The molecule has 2 atom stereocenters. The number of hydrogen-bond donors (Lipinski definition) is 1. The zero-order valence-corrected chi connectivity index (χ0v) is 20.0. The number of esters is 1. The van der Waals surface area contributed by atoms with Gasteiger partial charge < -0.3 is 14.8 Å². The van der Waals surface area contributed by atoms with Crippen molar-refractivity contribution >= 4 is 27.7 Å². The number of rotatable bonds is 5. The number of methoxy groups -OCH3 is 1. The quantitative estimate of drug-likeness (QED) is 0.563. The molecule has 1 heterocycles. The molecule has 2 aromatic carbocycles. The molecule has 0 spiro atoms. The van der Waals surface area contributed by atoms with Gasteiger partial charge in [0.15, 0.2) is 5.78 Å². The van der Waals surface area contributed by atoms with Crippen LogP contribution in [-0.4, -0.2) is 25.5 Å². The highest BCUT2D eigenvalue weighted by molar-refractivity contribution is 9.10. The van der Waals surface area contributed by atoms with Crippen molar-refractivity contribution in [2.75, 3.05) is 13.7 Å². The predicted octanol–water partition coefficient (Wildman–Crippen LogP) is 5.38. The molecule has 0 radical (unpaired) electrons. The summed E-state index contributed by atoms with van der Waals surface area (Å²) in [5, 5.41) is 3.37. The van der Waals surface area contributed by atoms with E-state index in [2.05, 4.69) is 21.2 Å². The van der Waals surface area contributed by atoms with Crippen molar-refractivity contribution in [2.24, 2.45) is 0 Å². The van der Waals surface area contributed by atoms with E-state index in [1.807, 2.05) is 55.5 Å². The first-order chi connectivity index (χ1) is 15.4. The number of allylic oxidation sites excluding steroid dienone is 3. The van der Waals surface area contributed by atoms with Crippen molar-refractivity contribution in [1.82, 2.24) is 5.32 Å². The van der Waals surface area contributed by atoms with E-state index >= 15 is 0 Å². The van der Waals surface area contributed by atoms with E-state index in [0.717, 1.165) is 32.7 Å². The lowest BCUT2D eigenvalue weighted by atomic mass is 9.71. The van der Waals surface area contributed by atoms with Gasteiger partial charge in [0.05, 0.1) is 19.3 Å². The number of halogens is 1. The Bertz CT molecular complexity index is 1120. The van der Waals surface area contributed by atoms with Gasteiger partial charge in [-0.3, -0.25) is 4.79 Å². The summed E-state index contributed by atoms with van der Waals surface area (Å²) in [7, 11) is 1.64. The van der Waals surface area contributed by atoms with E-state index in [1.165, 1.54) is 0 Å². The number of ether oxygens (including phenoxy) is 2. The Labute approximate surface area is 196 Å². The lowest BCUT2D eigenvalue weighted by Gasteiger charge is -2.36. The number of dihydropyridines is 1. The fourth-order valence-electron chi connectivity index (χ4n) is 4.64. The molecule has 0 saturated carbocycles. The lowest BCUT2D eigenvalue weighted by Crippen LogP contribution is -2.36. The van der Waals surface area contributed by atoms with Crippen molar-refractivity contribution in [3.05, 3.63) is 86.7 Å². The summed E-state index contributed by atoms with van der Waals surface area (Å²) < 4.78 is 11.7. The Morgan fingerprint density at radius 3 is 2.56 bits per heavy atom. The van der Waals surface area contributed by atoms with Crippen LogP contribution in [0, 0.1) is 0 Å². The minimum Gasteiger partial charge on any atom is -0.497 e. The van der Waals surface area contributed by atoms with Crippen molar-refractivity contribution in [3.63, 3.8) is 0 Å². The summed E-state index contributed by atoms with van der Waals surface area (Å²) in [5.41, 5.74) is 4.75. The van der Waals surface area contributed by atoms with Crippen molar-refractivity contribution in [3.8, 4) is 5.75 Å². The molecule has 166 valence electrons. The van der Waals surface area contributed by atoms with Crippen LogP contribution in [0.3, 0.4) is 0 Å². The standard InChI is InChI=1S/C26H26BrNO4/c1-4-32-26(30)23-15(2)28-21-13-18(17-6-5-7-20(12-17)31-3)14-22(29)25(21)24(23)16-8-10-19(27)11-9-16/h5-12,18,24,28H,4,13-14H2,1-3H3. The third-order valence-electron chi connectivity index (χ3n) is 6.09. The molecule has 0 aromatic heterocycles. The summed E-state index contributed by atoms with van der Waals surface area (Å²) in [4.78, 5) is 26.5. The number of benzene rings is 2. The van der Waals surface area contributed by atoms with Gasteiger partial charge in [0.1, 0.15) is 5.75 Å². The topological polar surface area (TPSA) is 64.6 Å². The van der Waals surface area contributed by atoms with Crippen LogP contribution in [0.25, 0.3) is 0 Å². The number of carbonyl (C=O) groups excluding carboxylic acids is 2. The maximum Gasteiger partial charge on any atom is 0.336 e. The number of nitrogens with one attached hydrogen (secondary N) is 1. The van der Waals surface area contributed by atoms with Gasteiger partial charge in [-0.05, 0) is 61.6 Å². The van der Waals surface area contributed by atoms with Crippen LogP contribution < -0.4 is 10.1 Å². The van der Waals surface area contributed by atoms with E-state index in [4.69, 9.17) is 9.47 Å². The molecular formula is C26H26BrNO4. The highest BCUT2D eigenvalue weighted by Gasteiger charge is 2.41. The molecule has 6 heteroatoms. The Morgan fingerprint density at radius 1 is 1.12 bits per heavy atom. The largest absolute Gasteiger partial charge is 0.497 e. The van der Waals surface area contributed by atoms with Crippen LogP contribution in [0.1, 0.15) is 49.7 Å². The Kier molecular flexibility index (Phi) is 6.51. The van der Waals surface area contributed by atoms with Gasteiger partial charge >= 0.3 is 5.97 Å². The van der Waals surface area contributed by atoms with Crippen LogP contribution in [0.5, 0.6) is 5.75 Å². The molecule has 5 nitrogen and oxygen atoms in total. The zero-order valence-electron chi connectivity index (χ0n) is 18.4. The Balaban J connectivity index is 1.78. The number of carbonyl (C=O) groups is 2. The van der Waals surface area contributed by atoms with E-state index in [1.54, 1.807) is 14.0 Å². The molecule has 0 bridgehead atoms. The highest BCUT2D eigenvalue weighted by Crippen LogP contribution is 2.46. The second kappa shape index (κ2) is 9.33. The van der Waals surface area contributed by atoms with E-state index in [-0.39, 0.29) is 24.3 Å². The zero-order chi connectivity index (χ0) is 22.8. The minimum absolute atomic E-state index is 0.0476. The first kappa shape index (κ1) is 22.3. The molecule has 1 aliphatic carbocycles. The van der Waals surface area contributed by atoms with Crippen LogP contribution in [0.15, 0.2) is 75.5 Å². The summed E-state index contributed by atoms with van der Waals surface area (Å²) in [6.07, 6.45) is 1.07.